The third-order valence-corrected chi connectivity index (χ3v) is 3.25. The van der Waals surface area contributed by atoms with Gasteiger partial charge >= 0.3 is 72.4 Å². The van der Waals surface area contributed by atoms with Crippen LogP contribution >= 0.6 is 0 Å². The van der Waals surface area contributed by atoms with Gasteiger partial charge in [-0.05, 0) is 24.3 Å². The standard InChI is InChI=1S/C8H17.2C4H4O4.Sn/c1-3-5-7-8-6-4-2;2*5-3(6)1-2-4(7)8;/h1,3-8H2,2H3;2*1-2H,(H,5,6)(H,7,8);/q;;;+4/p-4/b;2*2-1-;. The topological polar surface area (TPSA) is 161 Å². The van der Waals surface area contributed by atoms with Crippen molar-refractivity contribution in [3.8, 4) is 0 Å². The molecule has 0 N–H and O–H groups in total. The van der Waals surface area contributed by atoms with Crippen LogP contribution in [0.4, 0.5) is 0 Å². The minimum atomic E-state index is -1.55. The Morgan fingerprint density at radius 1 is 0.640 bits per heavy atom. The third-order valence-electron chi connectivity index (χ3n) is 2.24. The summed E-state index contributed by atoms with van der Waals surface area (Å²) in [6.45, 7) is 2.27. The summed E-state index contributed by atoms with van der Waals surface area (Å²) in [5, 5.41) is 37.7. The van der Waals surface area contributed by atoms with E-state index in [-0.39, 0.29) is 0 Å². The van der Waals surface area contributed by atoms with E-state index in [9.17, 15) is 39.6 Å². The molecule has 0 aliphatic rings. The van der Waals surface area contributed by atoms with E-state index < -0.39 is 23.9 Å². The summed E-state index contributed by atoms with van der Waals surface area (Å²) in [6, 6.07) is 0. The van der Waals surface area contributed by atoms with Crippen LogP contribution in [0.3, 0.4) is 0 Å². The Bertz CT molecular complexity index is 371. The molecule has 0 aromatic heterocycles. The molecular weight excluding hydrogens is 439 g/mol. The predicted molar refractivity (Wildman–Crippen MR) is 82.2 cm³/mol. The Hall–Kier alpha value is -1.84. The summed E-state index contributed by atoms with van der Waals surface area (Å²) in [5.74, 6) is -6.19. The maximum Gasteiger partial charge on any atom is 0.0643 e. The van der Waals surface area contributed by atoms with Crippen LogP contribution in [-0.4, -0.2) is 46.4 Å². The number of rotatable bonds is 10. The number of carboxylic acid groups (broad SMARTS) is 4. The third kappa shape index (κ3) is 44.9. The zero-order valence-corrected chi connectivity index (χ0v) is 16.9. The maximum absolute atomic E-state index is 9.41. The van der Waals surface area contributed by atoms with Crippen LogP contribution < -0.4 is 20.4 Å². The van der Waals surface area contributed by atoms with E-state index in [1.54, 1.807) is 22.5 Å². The van der Waals surface area contributed by atoms with Gasteiger partial charge in [-0.25, -0.2) is 0 Å². The second-order valence-corrected chi connectivity index (χ2v) is 5.89. The number of aliphatic carboxylic acids is 4. The normalized spacial score (nSPS) is 9.68. The number of hydrogen-bond donors (Lipinski definition) is 0. The molecule has 8 nitrogen and oxygen atoms in total. The summed E-state index contributed by atoms with van der Waals surface area (Å²) < 4.78 is 1.46. The van der Waals surface area contributed by atoms with Crippen LogP contribution in [0.25, 0.3) is 0 Å². The molecule has 0 bridgehead atoms. The van der Waals surface area contributed by atoms with Crippen molar-refractivity contribution >= 4 is 46.4 Å². The Balaban J connectivity index is -0.000000291. The molecule has 0 aliphatic heterocycles. The van der Waals surface area contributed by atoms with E-state index in [1.807, 2.05) is 0 Å². The van der Waals surface area contributed by atoms with Gasteiger partial charge in [0.25, 0.3) is 0 Å². The molecule has 0 aromatic carbocycles. The number of carbonyl (C=O) groups excluding carboxylic acids is 4. The number of hydrogen-bond acceptors (Lipinski definition) is 8. The molecule has 0 heterocycles. The maximum atomic E-state index is 9.41. The summed E-state index contributed by atoms with van der Waals surface area (Å²) in [6.07, 6.45) is 10.2. The molecule has 0 atom stereocenters. The molecule has 0 fully saturated rings. The van der Waals surface area contributed by atoms with Crippen molar-refractivity contribution in [1.29, 1.82) is 0 Å². The molecule has 0 aromatic rings. The van der Waals surface area contributed by atoms with E-state index in [1.165, 1.54) is 43.0 Å². The van der Waals surface area contributed by atoms with E-state index in [4.69, 9.17) is 0 Å². The minimum absolute atomic E-state index is 0.384. The summed E-state index contributed by atoms with van der Waals surface area (Å²) >= 11 is 1.71. The van der Waals surface area contributed by atoms with Crippen molar-refractivity contribution < 1.29 is 39.6 Å². The fraction of sp³-hybridized carbons (Fsp3) is 0.500. The van der Waals surface area contributed by atoms with Crippen molar-refractivity contribution in [3.63, 3.8) is 0 Å². The second kappa shape index (κ2) is 22.2. The first-order valence-corrected chi connectivity index (χ1v) is 9.53. The first-order chi connectivity index (χ1) is 11.7. The average molecular weight is 460 g/mol. The molecule has 25 heavy (non-hydrogen) atoms. The molecule has 0 rings (SSSR count). The van der Waals surface area contributed by atoms with Crippen molar-refractivity contribution in [3.05, 3.63) is 24.3 Å². The first kappa shape index (κ1) is 28.0. The Labute approximate surface area is 160 Å². The zero-order chi connectivity index (χ0) is 20.1. The van der Waals surface area contributed by atoms with Gasteiger partial charge in [0.1, 0.15) is 0 Å². The van der Waals surface area contributed by atoms with Gasteiger partial charge in [0.05, 0.1) is 23.9 Å². The van der Waals surface area contributed by atoms with Crippen LogP contribution in [0.15, 0.2) is 24.3 Å². The largest absolute Gasteiger partial charge is 0.545 e. The minimum Gasteiger partial charge on any atom is -0.545 e. The molecule has 0 unspecified atom stereocenters. The van der Waals surface area contributed by atoms with E-state index in [0.717, 1.165) is 0 Å². The molecule has 0 spiro atoms. The van der Waals surface area contributed by atoms with Crippen LogP contribution in [-0.2, 0) is 19.2 Å². The van der Waals surface area contributed by atoms with Gasteiger partial charge in [-0.3, -0.25) is 0 Å². The van der Waals surface area contributed by atoms with E-state index in [0.29, 0.717) is 24.3 Å². The Morgan fingerprint density at radius 3 is 1.16 bits per heavy atom. The molecule has 9 heteroatoms. The van der Waals surface area contributed by atoms with Crippen LogP contribution in [0.5, 0.6) is 0 Å². The van der Waals surface area contributed by atoms with Crippen molar-refractivity contribution in [2.45, 2.75) is 49.9 Å². The van der Waals surface area contributed by atoms with Gasteiger partial charge in [-0.2, -0.15) is 0 Å². The average Bonchev–Trinajstić information content (AvgIpc) is 2.52. The van der Waals surface area contributed by atoms with E-state index >= 15 is 0 Å². The molecular formula is C16H21O8Sn. The van der Waals surface area contributed by atoms with Gasteiger partial charge in [0, 0.05) is 0 Å². The predicted octanol–water partition coefficient (Wildman–Crippen LogP) is -2.98. The van der Waals surface area contributed by atoms with Gasteiger partial charge < -0.3 is 39.6 Å². The van der Waals surface area contributed by atoms with Crippen molar-refractivity contribution in [1.82, 2.24) is 0 Å². The van der Waals surface area contributed by atoms with Crippen molar-refractivity contribution in [2.75, 3.05) is 0 Å². The fourth-order valence-corrected chi connectivity index (χ4v) is 1.89. The Kier molecular flexibility index (Phi) is 24.8. The molecule has 0 aliphatic carbocycles. The van der Waals surface area contributed by atoms with Gasteiger partial charge in [0.2, 0.25) is 0 Å². The van der Waals surface area contributed by atoms with Gasteiger partial charge in [0.15, 0.2) is 0 Å². The Morgan fingerprint density at radius 2 is 0.920 bits per heavy atom. The SMILES string of the molecule is CCCCCCC[CH2][Sn+4].O=C([O-])/C=C\C(=O)[O-].O=C([O-])/C=C\C(=O)[O-]. The molecule has 137 valence electrons. The fourth-order valence-electron chi connectivity index (χ4n) is 1.18. The number of carbonyl (C=O) groups is 4. The smallest absolute Gasteiger partial charge is 0.0643 e. The van der Waals surface area contributed by atoms with Crippen LogP contribution in [0, 0.1) is 0 Å². The molecule has 0 saturated heterocycles. The molecule has 0 saturated carbocycles. The van der Waals surface area contributed by atoms with Gasteiger partial charge in [-0.1, -0.05) is 0 Å². The number of carboxylic acids is 4. The summed E-state index contributed by atoms with van der Waals surface area (Å²) in [7, 11) is 0. The van der Waals surface area contributed by atoms with Gasteiger partial charge in [-0.15, -0.1) is 0 Å². The quantitative estimate of drug-likeness (QED) is 0.190. The molecule has 7 radical (unpaired) electrons. The molecule has 0 amide bonds. The summed E-state index contributed by atoms with van der Waals surface area (Å²) in [5.41, 5.74) is 0. The van der Waals surface area contributed by atoms with E-state index in [2.05, 4.69) is 6.92 Å². The monoisotopic (exact) mass is 461 g/mol. The van der Waals surface area contributed by atoms with Crippen molar-refractivity contribution in [2.24, 2.45) is 0 Å². The second-order valence-electron chi connectivity index (χ2n) is 4.46. The zero-order valence-electron chi connectivity index (χ0n) is 14.0. The number of unbranched alkanes of at least 4 members (excludes halogenated alkanes) is 5. The first-order valence-electron chi connectivity index (χ1n) is 7.52. The van der Waals surface area contributed by atoms with Crippen LogP contribution in [0.1, 0.15) is 45.4 Å². The van der Waals surface area contributed by atoms with Crippen LogP contribution in [0.2, 0.25) is 4.44 Å². The summed E-state index contributed by atoms with van der Waals surface area (Å²) in [4.78, 5) is 37.7.